The second kappa shape index (κ2) is 12.8. The summed E-state index contributed by atoms with van der Waals surface area (Å²) in [6.07, 6.45) is 0.739. The molecule has 0 fully saturated rings. The molecule has 1 aliphatic heterocycles. The minimum atomic E-state index is -0.912. The molecule has 37 heavy (non-hydrogen) atoms. The lowest BCUT2D eigenvalue weighted by Gasteiger charge is -2.32. The first kappa shape index (κ1) is 27.6. The van der Waals surface area contributed by atoms with E-state index in [2.05, 4.69) is 5.32 Å². The third-order valence-corrected chi connectivity index (χ3v) is 6.16. The quantitative estimate of drug-likeness (QED) is 0.253. The van der Waals surface area contributed by atoms with Gasteiger partial charge in [0.25, 0.3) is 5.69 Å². The topological polar surface area (TPSA) is 117 Å². The molecule has 2 unspecified atom stereocenters. The number of ether oxygens (including phenoxy) is 3. The largest absolute Gasteiger partial charge is 0.466 e. The van der Waals surface area contributed by atoms with Crippen molar-refractivity contribution in [3.8, 4) is 0 Å². The Balaban J connectivity index is 2.13. The number of dihydropyridines is 1. The number of hydrogen-bond donors (Lipinski definition) is 1. The van der Waals surface area contributed by atoms with Crippen molar-refractivity contribution in [1.82, 2.24) is 5.32 Å². The number of esters is 2. The van der Waals surface area contributed by atoms with Crippen molar-refractivity contribution in [2.45, 2.75) is 45.6 Å². The van der Waals surface area contributed by atoms with Gasteiger partial charge >= 0.3 is 11.9 Å². The van der Waals surface area contributed by atoms with Crippen LogP contribution in [0.3, 0.4) is 0 Å². The van der Waals surface area contributed by atoms with E-state index in [-0.39, 0.29) is 29.5 Å². The average Bonchev–Trinajstić information content (AvgIpc) is 2.90. The van der Waals surface area contributed by atoms with E-state index >= 15 is 0 Å². The van der Waals surface area contributed by atoms with Gasteiger partial charge in [0.15, 0.2) is 0 Å². The van der Waals surface area contributed by atoms with Gasteiger partial charge in [-0.3, -0.25) is 10.1 Å². The van der Waals surface area contributed by atoms with Crippen LogP contribution in [0, 0.1) is 10.1 Å². The van der Waals surface area contributed by atoms with Crippen LogP contribution < -0.4 is 5.32 Å². The number of rotatable bonds is 11. The van der Waals surface area contributed by atoms with E-state index in [0.29, 0.717) is 36.4 Å². The number of methoxy groups -OCH3 is 1. The van der Waals surface area contributed by atoms with Crippen molar-refractivity contribution in [3.05, 3.63) is 98.4 Å². The van der Waals surface area contributed by atoms with Crippen LogP contribution in [0.4, 0.5) is 5.69 Å². The summed E-state index contributed by atoms with van der Waals surface area (Å²) in [6, 6.07) is 15.7. The summed E-state index contributed by atoms with van der Waals surface area (Å²) in [4.78, 5) is 37.2. The van der Waals surface area contributed by atoms with Gasteiger partial charge in [-0.25, -0.2) is 9.59 Å². The Morgan fingerprint density at radius 1 is 1.03 bits per heavy atom. The zero-order valence-electron chi connectivity index (χ0n) is 21.5. The van der Waals surface area contributed by atoms with Gasteiger partial charge in [-0.1, -0.05) is 42.5 Å². The summed E-state index contributed by atoms with van der Waals surface area (Å²) in [5, 5.41) is 14.7. The zero-order valence-corrected chi connectivity index (χ0v) is 21.5. The van der Waals surface area contributed by atoms with Gasteiger partial charge < -0.3 is 19.5 Å². The van der Waals surface area contributed by atoms with Crippen LogP contribution in [0.2, 0.25) is 0 Å². The molecule has 9 nitrogen and oxygen atoms in total. The lowest BCUT2D eigenvalue weighted by Crippen LogP contribution is -2.33. The number of allylic oxidation sites excluding steroid dienone is 2. The Morgan fingerprint density at radius 2 is 1.76 bits per heavy atom. The van der Waals surface area contributed by atoms with E-state index in [0.717, 1.165) is 5.56 Å². The lowest BCUT2D eigenvalue weighted by atomic mass is 9.79. The molecule has 0 spiro atoms. The fourth-order valence-corrected chi connectivity index (χ4v) is 4.57. The van der Waals surface area contributed by atoms with E-state index in [1.807, 2.05) is 37.3 Å². The normalized spacial score (nSPS) is 16.2. The second-order valence-corrected chi connectivity index (χ2v) is 8.45. The summed E-state index contributed by atoms with van der Waals surface area (Å²) in [7, 11) is 1.25. The van der Waals surface area contributed by atoms with Crippen LogP contribution in [0.15, 0.2) is 77.1 Å². The number of nitro groups is 1. The summed E-state index contributed by atoms with van der Waals surface area (Å²) >= 11 is 0. The maximum atomic E-state index is 13.4. The lowest BCUT2D eigenvalue weighted by molar-refractivity contribution is -0.384. The molecule has 1 heterocycles. The zero-order chi connectivity index (χ0) is 26.9. The van der Waals surface area contributed by atoms with E-state index in [1.165, 1.54) is 25.3 Å². The van der Waals surface area contributed by atoms with Gasteiger partial charge in [-0.05, 0) is 44.7 Å². The molecule has 0 aromatic heterocycles. The first-order chi connectivity index (χ1) is 17.8. The van der Waals surface area contributed by atoms with E-state index in [1.54, 1.807) is 19.9 Å². The number of nitrogens with zero attached hydrogens (tertiary/aromatic N) is 1. The van der Waals surface area contributed by atoms with Crippen molar-refractivity contribution < 1.29 is 28.7 Å². The van der Waals surface area contributed by atoms with Crippen molar-refractivity contribution in [2.75, 3.05) is 20.3 Å². The van der Waals surface area contributed by atoms with Crippen LogP contribution in [0.1, 0.15) is 56.8 Å². The number of benzene rings is 2. The molecule has 2 aromatic carbocycles. The Hall–Kier alpha value is -3.98. The Bertz CT molecular complexity index is 1200. The molecule has 2 aromatic rings. The molecule has 0 saturated heterocycles. The van der Waals surface area contributed by atoms with E-state index in [9.17, 15) is 19.7 Å². The smallest absolute Gasteiger partial charge is 0.336 e. The number of hydrogen-bond acceptors (Lipinski definition) is 8. The molecule has 0 radical (unpaired) electrons. The molecule has 2 atom stereocenters. The highest BCUT2D eigenvalue weighted by molar-refractivity contribution is 6.00. The Labute approximate surface area is 216 Å². The SMILES string of the molecule is CCOC(=O)C1=C(CCC(OCC)c2ccccc2)NC(C)=C(C(=O)OC)C1c1cccc([N+](=O)[O-])c1. The van der Waals surface area contributed by atoms with Crippen molar-refractivity contribution >= 4 is 17.6 Å². The van der Waals surface area contributed by atoms with Crippen molar-refractivity contribution in [3.63, 3.8) is 0 Å². The van der Waals surface area contributed by atoms with E-state index in [4.69, 9.17) is 14.2 Å². The van der Waals surface area contributed by atoms with Crippen LogP contribution >= 0.6 is 0 Å². The second-order valence-electron chi connectivity index (χ2n) is 8.45. The van der Waals surface area contributed by atoms with Gasteiger partial charge in [0.05, 0.1) is 41.8 Å². The summed E-state index contributed by atoms with van der Waals surface area (Å²) in [5.74, 6) is -2.16. The molecule has 196 valence electrons. The number of nitrogens with one attached hydrogen (secondary N) is 1. The van der Waals surface area contributed by atoms with E-state index < -0.39 is 22.8 Å². The Kier molecular flexibility index (Phi) is 9.57. The van der Waals surface area contributed by atoms with Gasteiger partial charge in [-0.2, -0.15) is 0 Å². The van der Waals surface area contributed by atoms with Gasteiger partial charge in [0.1, 0.15) is 0 Å². The first-order valence-electron chi connectivity index (χ1n) is 12.2. The van der Waals surface area contributed by atoms with Gasteiger partial charge in [0, 0.05) is 30.1 Å². The molecule has 0 saturated carbocycles. The Morgan fingerprint density at radius 3 is 2.38 bits per heavy atom. The van der Waals surface area contributed by atoms with Crippen molar-refractivity contribution in [1.29, 1.82) is 0 Å². The standard InChI is InChI=1S/C28H32N2O7/c1-5-36-23(19-11-8-7-9-12-19)16-15-22-26(28(32)37-6-2)25(24(18(3)29-22)27(31)35-4)20-13-10-14-21(17-20)30(33)34/h7-14,17,23,25,29H,5-6,15-16H2,1-4H3. The van der Waals surface area contributed by atoms with Crippen LogP contribution in [0.25, 0.3) is 0 Å². The predicted molar refractivity (Wildman–Crippen MR) is 137 cm³/mol. The van der Waals surface area contributed by atoms with Gasteiger partial charge in [-0.15, -0.1) is 0 Å². The van der Waals surface area contributed by atoms with Crippen LogP contribution in [0.5, 0.6) is 0 Å². The predicted octanol–water partition coefficient (Wildman–Crippen LogP) is 5.10. The molecule has 1 aliphatic rings. The minimum absolute atomic E-state index is 0.124. The third-order valence-electron chi connectivity index (χ3n) is 6.16. The van der Waals surface area contributed by atoms with Crippen molar-refractivity contribution in [2.24, 2.45) is 0 Å². The molecule has 0 bridgehead atoms. The summed E-state index contributed by atoms with van der Waals surface area (Å²) in [6.45, 7) is 5.97. The minimum Gasteiger partial charge on any atom is -0.466 e. The van der Waals surface area contributed by atoms with Gasteiger partial charge in [0.2, 0.25) is 0 Å². The fraction of sp³-hybridized carbons (Fsp3) is 0.357. The highest BCUT2D eigenvalue weighted by Crippen LogP contribution is 2.41. The molecular weight excluding hydrogens is 476 g/mol. The maximum Gasteiger partial charge on any atom is 0.336 e. The summed E-state index contributed by atoms with van der Waals surface area (Å²) in [5.41, 5.74) is 2.76. The molecule has 0 aliphatic carbocycles. The van der Waals surface area contributed by atoms with Crippen LogP contribution in [-0.2, 0) is 23.8 Å². The molecule has 0 amide bonds. The summed E-state index contributed by atoms with van der Waals surface area (Å²) < 4.78 is 16.4. The highest BCUT2D eigenvalue weighted by atomic mass is 16.6. The molecular formula is C28H32N2O7. The molecule has 9 heteroatoms. The molecule has 3 rings (SSSR count). The fourth-order valence-electron chi connectivity index (χ4n) is 4.57. The number of nitro benzene ring substituents is 1. The monoisotopic (exact) mass is 508 g/mol. The third kappa shape index (κ3) is 6.42. The number of carbonyl (C=O) groups excluding carboxylic acids is 2. The maximum absolute atomic E-state index is 13.4. The first-order valence-corrected chi connectivity index (χ1v) is 12.2. The number of non-ortho nitro benzene ring substituents is 1. The molecule has 1 N–H and O–H groups in total. The van der Waals surface area contributed by atoms with Crippen LogP contribution in [-0.4, -0.2) is 37.2 Å². The average molecular weight is 509 g/mol. The number of carbonyl (C=O) groups is 2. The highest BCUT2D eigenvalue weighted by Gasteiger charge is 2.39.